The van der Waals surface area contributed by atoms with Gasteiger partial charge in [0, 0.05) is 22.1 Å². The van der Waals surface area contributed by atoms with Gasteiger partial charge in [-0.15, -0.1) is 0 Å². The van der Waals surface area contributed by atoms with Crippen molar-refractivity contribution in [3.63, 3.8) is 0 Å². The lowest BCUT2D eigenvalue weighted by atomic mass is 10.0. The third kappa shape index (κ3) is 2.85. The zero-order valence-corrected chi connectivity index (χ0v) is 12.9. The van der Waals surface area contributed by atoms with Crippen LogP contribution in [-0.4, -0.2) is 0 Å². The molecule has 1 aliphatic carbocycles. The molecule has 0 amide bonds. The molecule has 3 rings (SSSR count). The molecule has 1 unspecified atom stereocenters. The van der Waals surface area contributed by atoms with E-state index in [0.29, 0.717) is 6.04 Å². The average Bonchev–Trinajstić information content (AvgIpc) is 2.81. The maximum absolute atomic E-state index is 6.06. The molecule has 104 valence electrons. The van der Waals surface area contributed by atoms with Crippen LogP contribution in [0.3, 0.4) is 0 Å². The first-order chi connectivity index (χ1) is 9.63. The number of benzene rings is 2. The molecule has 0 saturated carbocycles. The largest absolute Gasteiger partial charge is 0.303 e. The molecular weight excluding hydrogens is 289 g/mol. The number of halogens is 2. The number of hydrogen-bond acceptors (Lipinski definition) is 1. The summed E-state index contributed by atoms with van der Waals surface area (Å²) in [6, 6.07) is 14.9. The highest BCUT2D eigenvalue weighted by atomic mass is 35.5. The number of aryl methyl sites for hydroxylation is 1. The van der Waals surface area contributed by atoms with Crippen molar-refractivity contribution in [2.24, 2.45) is 0 Å². The van der Waals surface area contributed by atoms with Crippen molar-refractivity contribution < 1.29 is 0 Å². The highest BCUT2D eigenvalue weighted by Crippen LogP contribution is 2.34. The van der Waals surface area contributed by atoms with Gasteiger partial charge in [-0.2, -0.15) is 0 Å². The molecular formula is C17H17Cl2N. The summed E-state index contributed by atoms with van der Waals surface area (Å²) < 4.78 is 0. The molecule has 20 heavy (non-hydrogen) atoms. The van der Waals surface area contributed by atoms with Gasteiger partial charge in [-0.1, -0.05) is 41.4 Å². The Kier molecular flexibility index (Phi) is 4.02. The summed E-state index contributed by atoms with van der Waals surface area (Å²) in [4.78, 5) is 0. The normalized spacial score (nSPS) is 18.9. The van der Waals surface area contributed by atoms with E-state index in [1.807, 2.05) is 24.3 Å². The Hall–Kier alpha value is -1.02. The minimum absolute atomic E-state index is 0.278. The Balaban J connectivity index is 1.77. The SMILES string of the molecule is C[C@@H](NC1CCc2cc(Cl)ccc21)c1cccc(Cl)c1. The van der Waals surface area contributed by atoms with Crippen molar-refractivity contribution in [2.75, 3.05) is 0 Å². The third-order valence-corrected chi connectivity index (χ3v) is 4.45. The average molecular weight is 306 g/mol. The van der Waals surface area contributed by atoms with E-state index < -0.39 is 0 Å². The summed E-state index contributed by atoms with van der Waals surface area (Å²) >= 11 is 12.1. The molecule has 2 aromatic carbocycles. The predicted molar refractivity (Wildman–Crippen MR) is 85.5 cm³/mol. The van der Waals surface area contributed by atoms with Crippen LogP contribution in [0, 0.1) is 0 Å². The van der Waals surface area contributed by atoms with Crippen molar-refractivity contribution in [3.05, 3.63) is 69.2 Å². The maximum atomic E-state index is 6.06. The predicted octanol–water partition coefficient (Wildman–Crippen LogP) is 5.33. The van der Waals surface area contributed by atoms with E-state index in [1.165, 1.54) is 16.7 Å². The highest BCUT2D eigenvalue weighted by molar-refractivity contribution is 6.30. The minimum Gasteiger partial charge on any atom is -0.303 e. The quantitative estimate of drug-likeness (QED) is 0.808. The summed E-state index contributed by atoms with van der Waals surface area (Å²) in [5, 5.41) is 5.31. The molecule has 1 nitrogen and oxygen atoms in total. The summed E-state index contributed by atoms with van der Waals surface area (Å²) in [6.07, 6.45) is 2.22. The van der Waals surface area contributed by atoms with Crippen LogP contribution in [0.25, 0.3) is 0 Å². The van der Waals surface area contributed by atoms with Crippen LogP contribution < -0.4 is 5.32 Å². The second kappa shape index (κ2) is 5.77. The Bertz CT molecular complexity index is 624. The Morgan fingerprint density at radius 3 is 2.70 bits per heavy atom. The first-order valence-corrected chi connectivity index (χ1v) is 7.69. The van der Waals surface area contributed by atoms with Crippen LogP contribution in [-0.2, 0) is 6.42 Å². The van der Waals surface area contributed by atoms with Gasteiger partial charge in [0.15, 0.2) is 0 Å². The molecule has 1 aliphatic rings. The number of nitrogens with one attached hydrogen (secondary N) is 1. The van der Waals surface area contributed by atoms with Gasteiger partial charge in [0.05, 0.1) is 0 Å². The number of hydrogen-bond donors (Lipinski definition) is 1. The summed E-state index contributed by atoms with van der Waals surface area (Å²) in [7, 11) is 0. The Labute approximate surface area is 129 Å². The monoisotopic (exact) mass is 305 g/mol. The van der Waals surface area contributed by atoms with E-state index in [-0.39, 0.29) is 6.04 Å². The van der Waals surface area contributed by atoms with E-state index in [2.05, 4.69) is 30.4 Å². The third-order valence-electron chi connectivity index (χ3n) is 3.98. The van der Waals surface area contributed by atoms with Gasteiger partial charge in [-0.05, 0) is 60.7 Å². The Morgan fingerprint density at radius 1 is 1.10 bits per heavy atom. The van der Waals surface area contributed by atoms with Crippen molar-refractivity contribution in [2.45, 2.75) is 31.8 Å². The fourth-order valence-electron chi connectivity index (χ4n) is 2.93. The molecule has 0 heterocycles. The van der Waals surface area contributed by atoms with Crippen molar-refractivity contribution >= 4 is 23.2 Å². The second-order valence-corrected chi connectivity index (χ2v) is 6.25. The first kappa shape index (κ1) is 13.9. The zero-order valence-electron chi connectivity index (χ0n) is 11.4. The van der Waals surface area contributed by atoms with Crippen molar-refractivity contribution in [1.82, 2.24) is 5.32 Å². The van der Waals surface area contributed by atoms with Crippen molar-refractivity contribution in [1.29, 1.82) is 0 Å². The molecule has 1 N–H and O–H groups in total. The van der Waals surface area contributed by atoms with Gasteiger partial charge in [-0.25, -0.2) is 0 Å². The lowest BCUT2D eigenvalue weighted by molar-refractivity contribution is 0.465. The lowest BCUT2D eigenvalue weighted by Gasteiger charge is -2.21. The van der Waals surface area contributed by atoms with Crippen LogP contribution in [0.5, 0.6) is 0 Å². The second-order valence-electron chi connectivity index (χ2n) is 5.38. The van der Waals surface area contributed by atoms with Crippen LogP contribution in [0.1, 0.15) is 42.1 Å². The lowest BCUT2D eigenvalue weighted by Crippen LogP contribution is -2.22. The molecule has 0 aromatic heterocycles. The maximum Gasteiger partial charge on any atom is 0.0409 e. The van der Waals surface area contributed by atoms with E-state index in [4.69, 9.17) is 23.2 Å². The Morgan fingerprint density at radius 2 is 1.90 bits per heavy atom. The van der Waals surface area contributed by atoms with Crippen LogP contribution >= 0.6 is 23.2 Å². The fourth-order valence-corrected chi connectivity index (χ4v) is 3.33. The molecule has 0 aliphatic heterocycles. The highest BCUT2D eigenvalue weighted by Gasteiger charge is 2.24. The van der Waals surface area contributed by atoms with Gasteiger partial charge in [-0.3, -0.25) is 0 Å². The fraction of sp³-hybridized carbons (Fsp3) is 0.294. The summed E-state index contributed by atoms with van der Waals surface area (Å²) in [5.74, 6) is 0. The molecule has 0 fully saturated rings. The van der Waals surface area contributed by atoms with Crippen molar-refractivity contribution in [3.8, 4) is 0 Å². The molecule has 0 spiro atoms. The van der Waals surface area contributed by atoms with E-state index in [1.54, 1.807) is 0 Å². The smallest absolute Gasteiger partial charge is 0.0409 e. The van der Waals surface area contributed by atoms with Crippen LogP contribution in [0.4, 0.5) is 0 Å². The standard InChI is InChI=1S/C17H17Cl2N/c1-11(12-3-2-4-14(18)9-12)20-17-8-5-13-10-15(19)6-7-16(13)17/h2-4,6-7,9-11,17,20H,5,8H2,1H3/t11-,17?/m1/s1. The van der Waals surface area contributed by atoms with Gasteiger partial charge in [0.25, 0.3) is 0 Å². The van der Waals surface area contributed by atoms with Crippen LogP contribution in [0.2, 0.25) is 10.0 Å². The first-order valence-electron chi connectivity index (χ1n) is 6.93. The van der Waals surface area contributed by atoms with Gasteiger partial charge < -0.3 is 5.32 Å². The topological polar surface area (TPSA) is 12.0 Å². The van der Waals surface area contributed by atoms with Gasteiger partial charge in [0.1, 0.15) is 0 Å². The zero-order chi connectivity index (χ0) is 14.1. The molecule has 0 radical (unpaired) electrons. The van der Waals surface area contributed by atoms with E-state index in [9.17, 15) is 0 Å². The summed E-state index contributed by atoms with van der Waals surface area (Å²) in [6.45, 7) is 2.18. The minimum atomic E-state index is 0.278. The molecule has 0 bridgehead atoms. The summed E-state index contributed by atoms with van der Waals surface area (Å²) in [5.41, 5.74) is 3.97. The molecule has 2 aromatic rings. The van der Waals surface area contributed by atoms with Gasteiger partial charge in [0.2, 0.25) is 0 Å². The number of fused-ring (bicyclic) bond motifs is 1. The molecule has 2 atom stereocenters. The van der Waals surface area contributed by atoms with Crippen LogP contribution in [0.15, 0.2) is 42.5 Å². The molecule has 0 saturated heterocycles. The van der Waals surface area contributed by atoms with Gasteiger partial charge >= 0.3 is 0 Å². The van der Waals surface area contributed by atoms with E-state index >= 15 is 0 Å². The molecule has 3 heteroatoms. The number of rotatable bonds is 3. The van der Waals surface area contributed by atoms with E-state index in [0.717, 1.165) is 22.9 Å².